The Hall–Kier alpha value is -0.880. The second-order valence-electron chi connectivity index (χ2n) is 2.04. The Kier molecular flexibility index (Phi) is 1.97. The molecule has 0 unspecified atom stereocenters. The number of nitrogens with zero attached hydrogens (tertiary/aromatic N) is 3. The molecule has 1 aromatic heterocycles. The van der Waals surface area contributed by atoms with E-state index in [1.165, 1.54) is 19.6 Å². The minimum Gasteiger partial charge on any atom is -0.339 e. The lowest BCUT2D eigenvalue weighted by Gasteiger charge is -1.91. The third-order valence-electron chi connectivity index (χ3n) is 1.19. The first-order valence-corrected chi connectivity index (χ1v) is 4.34. The Morgan fingerprint density at radius 2 is 2.27 bits per heavy atom. The zero-order chi connectivity index (χ0) is 8.48. The van der Waals surface area contributed by atoms with Crippen LogP contribution >= 0.6 is 0 Å². The van der Waals surface area contributed by atoms with Crippen LogP contribution in [0, 0.1) is 0 Å². The molecule has 61 valence electrons. The highest BCUT2D eigenvalue weighted by Crippen LogP contribution is 2.02. The Labute approximate surface area is 65.1 Å². The van der Waals surface area contributed by atoms with Gasteiger partial charge in [0.2, 0.25) is 0 Å². The first kappa shape index (κ1) is 8.22. The first-order valence-electron chi connectivity index (χ1n) is 2.90. The smallest absolute Gasteiger partial charge is 0.275 e. The lowest BCUT2D eigenvalue weighted by molar-refractivity contribution is 0.584. The van der Waals surface area contributed by atoms with Gasteiger partial charge in [0.05, 0.1) is 6.33 Å². The van der Waals surface area contributed by atoms with Crippen LogP contribution in [-0.2, 0) is 17.1 Å². The SMILES string of the molecule is C[N]S(=O)(=O)c1cn(C)cn1. The Morgan fingerprint density at radius 3 is 2.64 bits per heavy atom. The van der Waals surface area contributed by atoms with E-state index in [1.807, 2.05) is 0 Å². The van der Waals surface area contributed by atoms with Crippen molar-refractivity contribution in [2.24, 2.45) is 7.05 Å². The number of rotatable bonds is 2. The topological polar surface area (TPSA) is 66.1 Å². The molecule has 11 heavy (non-hydrogen) atoms. The van der Waals surface area contributed by atoms with Gasteiger partial charge in [0.15, 0.2) is 5.03 Å². The predicted molar refractivity (Wildman–Crippen MR) is 38.5 cm³/mol. The van der Waals surface area contributed by atoms with Gasteiger partial charge in [0, 0.05) is 20.3 Å². The van der Waals surface area contributed by atoms with Crippen LogP contribution in [0.1, 0.15) is 0 Å². The summed E-state index contributed by atoms with van der Waals surface area (Å²) in [4.78, 5) is 3.64. The Bertz CT molecular complexity index is 340. The van der Waals surface area contributed by atoms with E-state index in [1.54, 1.807) is 11.6 Å². The summed E-state index contributed by atoms with van der Waals surface area (Å²) in [6.45, 7) is 0. The molecule has 0 spiro atoms. The van der Waals surface area contributed by atoms with Crippen LogP contribution in [0.5, 0.6) is 0 Å². The molecule has 6 heteroatoms. The molecule has 0 bridgehead atoms. The number of imidazole rings is 1. The summed E-state index contributed by atoms with van der Waals surface area (Å²) in [5, 5.41) is -0.0116. The van der Waals surface area contributed by atoms with Crippen LogP contribution in [0.3, 0.4) is 0 Å². The van der Waals surface area contributed by atoms with Crippen molar-refractivity contribution in [3.63, 3.8) is 0 Å². The molecular weight excluding hydrogens is 166 g/mol. The minimum absolute atomic E-state index is 0.0116. The molecule has 0 atom stereocenters. The molecule has 0 fully saturated rings. The van der Waals surface area contributed by atoms with E-state index < -0.39 is 10.0 Å². The number of aromatic nitrogens is 2. The fourth-order valence-corrected chi connectivity index (χ4v) is 1.28. The van der Waals surface area contributed by atoms with Crippen molar-refractivity contribution in [2.45, 2.75) is 5.03 Å². The fourth-order valence-electron chi connectivity index (χ4n) is 0.616. The van der Waals surface area contributed by atoms with Crippen molar-refractivity contribution in [1.29, 1.82) is 0 Å². The van der Waals surface area contributed by atoms with Crippen LogP contribution in [-0.4, -0.2) is 25.0 Å². The molecule has 0 N–H and O–H groups in total. The summed E-state index contributed by atoms with van der Waals surface area (Å²) < 4.78 is 26.7. The largest absolute Gasteiger partial charge is 0.339 e. The van der Waals surface area contributed by atoms with Gasteiger partial charge in [-0.05, 0) is 0 Å². The number of aryl methyl sites for hydroxylation is 1. The summed E-state index contributed by atoms with van der Waals surface area (Å²) in [7, 11) is -0.562. The van der Waals surface area contributed by atoms with Crippen LogP contribution < -0.4 is 4.72 Å². The maximum Gasteiger partial charge on any atom is 0.275 e. The molecule has 1 radical (unpaired) electrons. The normalized spacial score (nSPS) is 11.8. The zero-order valence-corrected chi connectivity index (χ0v) is 7.04. The quantitative estimate of drug-likeness (QED) is 0.598. The van der Waals surface area contributed by atoms with Crippen molar-refractivity contribution in [3.05, 3.63) is 12.5 Å². The van der Waals surface area contributed by atoms with E-state index in [0.29, 0.717) is 0 Å². The highest BCUT2D eigenvalue weighted by atomic mass is 32.2. The molecule has 0 aliphatic rings. The average Bonchev–Trinajstić information content (AvgIpc) is 2.36. The molecule has 5 nitrogen and oxygen atoms in total. The first-order chi connectivity index (χ1) is 5.06. The van der Waals surface area contributed by atoms with Gasteiger partial charge in [0.25, 0.3) is 10.0 Å². The van der Waals surface area contributed by atoms with Crippen molar-refractivity contribution in [2.75, 3.05) is 7.05 Å². The molecule has 1 heterocycles. The van der Waals surface area contributed by atoms with Crippen LogP contribution in [0.2, 0.25) is 0 Å². The highest BCUT2D eigenvalue weighted by molar-refractivity contribution is 7.89. The lowest BCUT2D eigenvalue weighted by atomic mass is 10.9. The van der Waals surface area contributed by atoms with Gasteiger partial charge in [-0.15, -0.1) is 4.72 Å². The molecule has 0 saturated heterocycles. The van der Waals surface area contributed by atoms with Crippen molar-refractivity contribution >= 4 is 10.0 Å². The molecule has 1 rings (SSSR count). The van der Waals surface area contributed by atoms with Crippen molar-refractivity contribution in [1.82, 2.24) is 14.3 Å². The summed E-state index contributed by atoms with van der Waals surface area (Å²) in [6, 6.07) is 0. The van der Waals surface area contributed by atoms with Gasteiger partial charge in [-0.25, -0.2) is 13.4 Å². The van der Waals surface area contributed by atoms with Gasteiger partial charge >= 0.3 is 0 Å². The third kappa shape index (κ3) is 1.58. The zero-order valence-electron chi connectivity index (χ0n) is 6.22. The molecule has 1 aromatic rings. The van der Waals surface area contributed by atoms with E-state index in [2.05, 4.69) is 9.71 Å². The second kappa shape index (κ2) is 2.63. The number of sulfonamides is 1. The summed E-state index contributed by atoms with van der Waals surface area (Å²) >= 11 is 0. The van der Waals surface area contributed by atoms with Crippen LogP contribution in [0.25, 0.3) is 0 Å². The van der Waals surface area contributed by atoms with E-state index >= 15 is 0 Å². The standard InChI is InChI=1S/C5H8N3O2S/c1-6-11(9,10)5-3-8(2)4-7-5/h3-4H,1-2H3. The van der Waals surface area contributed by atoms with E-state index in [-0.39, 0.29) is 5.03 Å². The summed E-state index contributed by atoms with van der Waals surface area (Å²) in [6.07, 6.45) is 2.82. The lowest BCUT2D eigenvalue weighted by Crippen LogP contribution is -2.11. The van der Waals surface area contributed by atoms with Gasteiger partial charge in [-0.1, -0.05) is 0 Å². The molecule has 0 aliphatic carbocycles. The molecule has 0 amide bonds. The maximum absolute atomic E-state index is 11.0. The van der Waals surface area contributed by atoms with Gasteiger partial charge in [0.1, 0.15) is 0 Å². The maximum atomic E-state index is 11.0. The number of hydrogen-bond acceptors (Lipinski definition) is 3. The third-order valence-corrected chi connectivity index (χ3v) is 2.41. The average molecular weight is 174 g/mol. The van der Waals surface area contributed by atoms with E-state index in [0.717, 1.165) is 0 Å². The van der Waals surface area contributed by atoms with Gasteiger partial charge in [-0.3, -0.25) is 0 Å². The second-order valence-corrected chi connectivity index (χ2v) is 3.77. The van der Waals surface area contributed by atoms with E-state index in [9.17, 15) is 8.42 Å². The predicted octanol–water partition coefficient (Wildman–Crippen LogP) is -0.657. The molecular formula is C5H8N3O2S. The Balaban J connectivity index is 3.13. The van der Waals surface area contributed by atoms with Crippen LogP contribution in [0.15, 0.2) is 17.6 Å². The number of hydrogen-bond donors (Lipinski definition) is 0. The summed E-state index contributed by atoms with van der Waals surface area (Å²) in [5.74, 6) is 0. The van der Waals surface area contributed by atoms with Crippen molar-refractivity contribution < 1.29 is 8.42 Å². The van der Waals surface area contributed by atoms with Crippen molar-refractivity contribution in [3.8, 4) is 0 Å². The van der Waals surface area contributed by atoms with Crippen LogP contribution in [0.4, 0.5) is 0 Å². The highest BCUT2D eigenvalue weighted by Gasteiger charge is 2.14. The summed E-state index contributed by atoms with van der Waals surface area (Å²) in [5.41, 5.74) is 0. The molecule has 0 saturated carbocycles. The Morgan fingerprint density at radius 1 is 1.64 bits per heavy atom. The molecule has 0 aliphatic heterocycles. The fraction of sp³-hybridized carbons (Fsp3) is 0.400. The molecule has 0 aromatic carbocycles. The van der Waals surface area contributed by atoms with E-state index in [4.69, 9.17) is 0 Å². The van der Waals surface area contributed by atoms with Gasteiger partial charge in [-0.2, -0.15) is 0 Å². The minimum atomic E-state index is -3.48. The monoisotopic (exact) mass is 174 g/mol. The van der Waals surface area contributed by atoms with Gasteiger partial charge < -0.3 is 4.57 Å².